The number of allylic oxidation sites excluding steroid dienone is 1. The Kier molecular flexibility index (Phi) is 7.82. The van der Waals surface area contributed by atoms with E-state index in [-0.39, 0.29) is 28.4 Å². The van der Waals surface area contributed by atoms with Crippen LogP contribution in [0.5, 0.6) is 11.5 Å². The Bertz CT molecular complexity index is 941. The van der Waals surface area contributed by atoms with E-state index >= 15 is 0 Å². The maximum absolute atomic E-state index is 12.9. The number of ether oxygens (including phenoxy) is 2. The molecule has 0 saturated carbocycles. The van der Waals surface area contributed by atoms with Crippen molar-refractivity contribution in [2.45, 2.75) is 19.0 Å². The van der Waals surface area contributed by atoms with E-state index in [2.05, 4.69) is 27.0 Å². The van der Waals surface area contributed by atoms with Crippen LogP contribution in [0.4, 0.5) is 40.8 Å². The molecule has 3 nitrogen and oxygen atoms in total. The lowest BCUT2D eigenvalue weighted by Gasteiger charge is -2.16. The highest BCUT2D eigenvalue weighted by Crippen LogP contribution is 2.28. The Morgan fingerprint density at radius 2 is 1.61 bits per heavy atom. The SMILES string of the molecule is FC(F)Oc1cccc(/C(=C\C(=S)C(F)(F)F)Nc2cccc(OCC(F)(F)F)c2)c1. The smallest absolute Gasteiger partial charge is 0.426 e. The fourth-order valence-electron chi connectivity index (χ4n) is 2.23. The van der Waals surface area contributed by atoms with Crippen LogP contribution < -0.4 is 14.8 Å². The predicted octanol–water partition coefficient (Wildman–Crippen LogP) is 6.61. The van der Waals surface area contributed by atoms with Crippen LogP contribution in [0.1, 0.15) is 5.56 Å². The minimum absolute atomic E-state index is 0.00589. The van der Waals surface area contributed by atoms with Gasteiger partial charge < -0.3 is 14.8 Å². The number of rotatable bonds is 8. The summed E-state index contributed by atoms with van der Waals surface area (Å²) in [4.78, 5) is -1.42. The molecule has 0 spiro atoms. The molecule has 0 amide bonds. The van der Waals surface area contributed by atoms with Crippen molar-refractivity contribution in [2.24, 2.45) is 0 Å². The third-order valence-electron chi connectivity index (χ3n) is 3.44. The van der Waals surface area contributed by atoms with E-state index in [4.69, 9.17) is 0 Å². The summed E-state index contributed by atoms with van der Waals surface area (Å²) < 4.78 is 109. The average Bonchev–Trinajstić information content (AvgIpc) is 2.64. The molecule has 0 unspecified atom stereocenters. The average molecular weight is 471 g/mol. The van der Waals surface area contributed by atoms with Gasteiger partial charge in [0.2, 0.25) is 0 Å². The molecule has 168 valence electrons. The Morgan fingerprint density at radius 3 is 2.23 bits per heavy atom. The number of halogens is 8. The van der Waals surface area contributed by atoms with Crippen LogP contribution in [0.2, 0.25) is 0 Å². The second-order valence-corrected chi connectivity index (χ2v) is 6.32. The molecule has 31 heavy (non-hydrogen) atoms. The predicted molar refractivity (Wildman–Crippen MR) is 101 cm³/mol. The zero-order valence-electron chi connectivity index (χ0n) is 15.2. The molecule has 0 aliphatic carbocycles. The zero-order valence-corrected chi connectivity index (χ0v) is 16.0. The van der Waals surface area contributed by atoms with Gasteiger partial charge in [-0.3, -0.25) is 0 Å². The summed E-state index contributed by atoms with van der Waals surface area (Å²) in [6.45, 7) is -4.72. The fraction of sp³-hybridized carbons (Fsp3) is 0.211. The van der Waals surface area contributed by atoms with Gasteiger partial charge in [0, 0.05) is 23.0 Å². The van der Waals surface area contributed by atoms with Crippen molar-refractivity contribution in [2.75, 3.05) is 11.9 Å². The third-order valence-corrected chi connectivity index (χ3v) is 3.79. The second kappa shape index (κ2) is 9.94. The topological polar surface area (TPSA) is 30.5 Å². The first kappa shape index (κ1) is 24.4. The molecule has 0 aromatic heterocycles. The molecule has 0 heterocycles. The Labute approximate surface area is 176 Å². The van der Waals surface area contributed by atoms with Crippen LogP contribution in [0.3, 0.4) is 0 Å². The molecule has 2 rings (SSSR count). The highest BCUT2D eigenvalue weighted by atomic mass is 32.1. The molecule has 0 atom stereocenters. The number of benzene rings is 2. The van der Waals surface area contributed by atoms with Crippen LogP contribution in [0.15, 0.2) is 54.6 Å². The first-order valence-corrected chi connectivity index (χ1v) is 8.69. The lowest BCUT2D eigenvalue weighted by atomic mass is 10.1. The summed E-state index contributed by atoms with van der Waals surface area (Å²) in [5.41, 5.74) is -0.183. The van der Waals surface area contributed by atoms with Crippen molar-refractivity contribution in [1.82, 2.24) is 0 Å². The summed E-state index contributed by atoms with van der Waals surface area (Å²) in [7, 11) is 0. The Hall–Kier alpha value is -2.89. The van der Waals surface area contributed by atoms with E-state index in [1.165, 1.54) is 36.4 Å². The molecular weight excluding hydrogens is 458 g/mol. The van der Waals surface area contributed by atoms with Gasteiger partial charge in [-0.15, -0.1) is 0 Å². The number of hydrogen-bond donors (Lipinski definition) is 1. The van der Waals surface area contributed by atoms with Gasteiger partial charge in [-0.1, -0.05) is 30.4 Å². The molecule has 2 aromatic rings. The van der Waals surface area contributed by atoms with Crippen molar-refractivity contribution in [1.29, 1.82) is 0 Å². The number of alkyl halides is 8. The number of hydrogen-bond acceptors (Lipinski definition) is 4. The molecule has 0 radical (unpaired) electrons. The standard InChI is InChI=1S/C19H13F8NO2S/c20-17(21)30-14-6-1-3-11(7-14)15(9-16(31)19(25,26)27)28-12-4-2-5-13(8-12)29-10-18(22,23)24/h1-9,17,28H,10H2/b15-9+. The number of anilines is 1. The second-order valence-electron chi connectivity index (χ2n) is 5.88. The minimum Gasteiger partial charge on any atom is -0.484 e. The van der Waals surface area contributed by atoms with E-state index in [9.17, 15) is 35.1 Å². The fourth-order valence-corrected chi connectivity index (χ4v) is 2.35. The Morgan fingerprint density at radius 1 is 0.968 bits per heavy atom. The zero-order chi connectivity index (χ0) is 23.2. The summed E-state index contributed by atoms with van der Waals surface area (Å²) in [6.07, 6.45) is -8.88. The first-order valence-electron chi connectivity index (χ1n) is 8.28. The van der Waals surface area contributed by atoms with E-state index < -0.39 is 30.4 Å². The highest BCUT2D eigenvalue weighted by Gasteiger charge is 2.33. The third kappa shape index (κ3) is 8.40. The van der Waals surface area contributed by atoms with Crippen molar-refractivity contribution >= 4 is 28.5 Å². The minimum atomic E-state index is -4.85. The quantitative estimate of drug-likeness (QED) is 0.267. The first-order chi connectivity index (χ1) is 14.3. The van der Waals surface area contributed by atoms with Gasteiger partial charge in [0.15, 0.2) is 6.61 Å². The highest BCUT2D eigenvalue weighted by molar-refractivity contribution is 7.81. The van der Waals surface area contributed by atoms with Gasteiger partial charge in [0.1, 0.15) is 16.4 Å². The molecule has 0 fully saturated rings. The van der Waals surface area contributed by atoms with Crippen molar-refractivity contribution < 1.29 is 44.6 Å². The summed E-state index contributed by atoms with van der Waals surface area (Å²) in [5, 5.41) is 2.59. The lowest BCUT2D eigenvalue weighted by molar-refractivity contribution is -0.153. The van der Waals surface area contributed by atoms with Gasteiger partial charge in [-0.05, 0) is 30.3 Å². The van der Waals surface area contributed by atoms with Crippen molar-refractivity contribution in [3.63, 3.8) is 0 Å². The van der Waals surface area contributed by atoms with Gasteiger partial charge >= 0.3 is 19.0 Å². The molecule has 1 N–H and O–H groups in total. The molecular formula is C19H13F8NO2S. The molecule has 0 saturated heterocycles. The molecule has 0 bridgehead atoms. The van der Waals surface area contributed by atoms with Crippen molar-refractivity contribution in [3.8, 4) is 11.5 Å². The van der Waals surface area contributed by atoms with E-state index in [1.54, 1.807) is 0 Å². The van der Waals surface area contributed by atoms with Crippen molar-refractivity contribution in [3.05, 3.63) is 60.2 Å². The van der Waals surface area contributed by atoms with Gasteiger partial charge in [0.05, 0.1) is 0 Å². The molecule has 0 aliphatic heterocycles. The summed E-state index contributed by atoms with van der Waals surface area (Å²) >= 11 is 4.35. The van der Waals surface area contributed by atoms with Crippen LogP contribution in [0, 0.1) is 0 Å². The largest absolute Gasteiger partial charge is 0.484 e. The van der Waals surface area contributed by atoms with E-state index in [1.807, 2.05) is 0 Å². The number of thiocarbonyl (C=S) groups is 1. The van der Waals surface area contributed by atoms with Gasteiger partial charge in [-0.2, -0.15) is 35.1 Å². The van der Waals surface area contributed by atoms with Crippen LogP contribution in [-0.4, -0.2) is 30.4 Å². The number of nitrogens with one attached hydrogen (secondary N) is 1. The Balaban J connectivity index is 2.37. The summed E-state index contributed by atoms with van der Waals surface area (Å²) in [5.74, 6) is -0.518. The van der Waals surface area contributed by atoms with Gasteiger partial charge in [0.25, 0.3) is 0 Å². The van der Waals surface area contributed by atoms with E-state index in [0.717, 1.165) is 12.1 Å². The van der Waals surface area contributed by atoms with Crippen LogP contribution >= 0.6 is 12.2 Å². The maximum atomic E-state index is 12.9. The molecule has 0 aliphatic rings. The summed E-state index contributed by atoms with van der Waals surface area (Å²) in [6, 6.07) is 9.79. The van der Waals surface area contributed by atoms with Crippen LogP contribution in [-0.2, 0) is 0 Å². The monoisotopic (exact) mass is 471 g/mol. The van der Waals surface area contributed by atoms with Gasteiger partial charge in [-0.25, -0.2) is 0 Å². The van der Waals surface area contributed by atoms with E-state index in [0.29, 0.717) is 6.08 Å². The van der Waals surface area contributed by atoms with Crippen LogP contribution in [0.25, 0.3) is 5.70 Å². The maximum Gasteiger partial charge on any atom is 0.426 e. The normalized spacial score (nSPS) is 12.6. The lowest BCUT2D eigenvalue weighted by Crippen LogP contribution is -2.19. The molecule has 12 heteroatoms. The molecule has 2 aromatic carbocycles.